The van der Waals surface area contributed by atoms with Crippen LogP contribution in [0.3, 0.4) is 0 Å². The Morgan fingerprint density at radius 3 is 2.56 bits per heavy atom. The summed E-state index contributed by atoms with van der Waals surface area (Å²) in [5.41, 5.74) is 2.29. The van der Waals surface area contributed by atoms with Crippen molar-refractivity contribution in [2.24, 2.45) is 4.99 Å². The Morgan fingerprint density at radius 2 is 1.81 bits per heavy atom. The van der Waals surface area contributed by atoms with Crippen LogP contribution >= 0.6 is 0 Å². The lowest BCUT2D eigenvalue weighted by Crippen LogP contribution is -2.67. The zero-order valence-electron chi connectivity index (χ0n) is 14.8. The van der Waals surface area contributed by atoms with Crippen LogP contribution in [0.1, 0.15) is 23.5 Å². The third-order valence-electron chi connectivity index (χ3n) is 5.34. The Bertz CT molecular complexity index is 861. The second kappa shape index (κ2) is 7.23. The summed E-state index contributed by atoms with van der Waals surface area (Å²) in [5.74, 6) is -0.524. The smallest absolute Gasteiger partial charge is 0.323 e. The molecule has 0 spiro atoms. The average molecular weight is 366 g/mol. The van der Waals surface area contributed by atoms with Gasteiger partial charge in [-0.25, -0.2) is 0 Å². The Morgan fingerprint density at radius 1 is 1.11 bits per heavy atom. The minimum Gasteiger partial charge on any atom is -0.460 e. The molecule has 2 aliphatic rings. The first-order valence-corrected chi connectivity index (χ1v) is 9.05. The standard InChI is InChI=1S/C21H22N2O4/c24-12-21(13-25)19-16(15-8-4-5-9-17(15)22-19)10-18(23-21)20(26)27-11-14-6-2-1-3-7-14/h1-9,16,18,23-25H,10-13H2/t16?,18-/m0/s1. The molecule has 0 radical (unpaired) electrons. The van der Waals surface area contributed by atoms with E-state index in [1.165, 1.54) is 0 Å². The molecule has 0 bridgehead atoms. The van der Waals surface area contributed by atoms with E-state index in [9.17, 15) is 15.0 Å². The molecule has 1 fully saturated rings. The molecule has 2 heterocycles. The van der Waals surface area contributed by atoms with Crippen molar-refractivity contribution >= 4 is 17.4 Å². The van der Waals surface area contributed by atoms with Gasteiger partial charge in [0, 0.05) is 5.92 Å². The Balaban J connectivity index is 1.57. The number of carbonyl (C=O) groups excluding carboxylic acids is 1. The van der Waals surface area contributed by atoms with Crippen molar-refractivity contribution < 1.29 is 19.7 Å². The van der Waals surface area contributed by atoms with E-state index >= 15 is 0 Å². The van der Waals surface area contributed by atoms with Crippen LogP contribution in [-0.4, -0.2) is 46.7 Å². The van der Waals surface area contributed by atoms with Gasteiger partial charge in [-0.3, -0.25) is 15.1 Å². The minimum atomic E-state index is -1.14. The third-order valence-corrected chi connectivity index (χ3v) is 5.34. The fraction of sp³-hybridized carbons (Fsp3) is 0.333. The van der Waals surface area contributed by atoms with E-state index < -0.39 is 17.6 Å². The highest BCUT2D eigenvalue weighted by Gasteiger charge is 2.50. The van der Waals surface area contributed by atoms with Gasteiger partial charge in [-0.1, -0.05) is 48.5 Å². The molecule has 4 rings (SSSR count). The highest BCUT2D eigenvalue weighted by molar-refractivity contribution is 6.06. The summed E-state index contributed by atoms with van der Waals surface area (Å²) < 4.78 is 5.48. The molecule has 140 valence electrons. The lowest BCUT2D eigenvalue weighted by molar-refractivity contribution is -0.148. The third kappa shape index (κ3) is 3.16. The summed E-state index contributed by atoms with van der Waals surface area (Å²) >= 11 is 0. The summed E-state index contributed by atoms with van der Waals surface area (Å²) in [7, 11) is 0. The Hall–Kier alpha value is -2.54. The molecule has 2 aromatic carbocycles. The lowest BCUT2D eigenvalue weighted by Gasteiger charge is -2.42. The maximum absolute atomic E-state index is 12.7. The normalized spacial score (nSPS) is 22.5. The Labute approximate surface area is 157 Å². The van der Waals surface area contributed by atoms with Crippen LogP contribution in [-0.2, 0) is 16.1 Å². The van der Waals surface area contributed by atoms with Crippen LogP contribution in [0.5, 0.6) is 0 Å². The number of aliphatic imine (C=N–C) groups is 1. The number of rotatable bonds is 5. The molecule has 27 heavy (non-hydrogen) atoms. The van der Waals surface area contributed by atoms with Crippen molar-refractivity contribution in [3.63, 3.8) is 0 Å². The van der Waals surface area contributed by atoms with Crippen molar-refractivity contribution in [3.8, 4) is 0 Å². The number of nitrogens with one attached hydrogen (secondary N) is 1. The van der Waals surface area contributed by atoms with E-state index in [0.29, 0.717) is 12.1 Å². The van der Waals surface area contributed by atoms with E-state index in [2.05, 4.69) is 10.3 Å². The lowest BCUT2D eigenvalue weighted by atomic mass is 9.76. The molecular weight excluding hydrogens is 344 g/mol. The Kier molecular flexibility index (Phi) is 4.78. The van der Waals surface area contributed by atoms with Gasteiger partial charge in [0.05, 0.1) is 24.6 Å². The van der Waals surface area contributed by atoms with Crippen LogP contribution in [0.15, 0.2) is 59.6 Å². The van der Waals surface area contributed by atoms with Crippen molar-refractivity contribution in [2.45, 2.75) is 30.5 Å². The van der Waals surface area contributed by atoms with E-state index in [1.807, 2.05) is 54.6 Å². The molecule has 3 N–H and O–H groups in total. The van der Waals surface area contributed by atoms with Crippen LogP contribution < -0.4 is 5.32 Å². The molecule has 0 aromatic heterocycles. The zero-order chi connectivity index (χ0) is 18.9. The molecule has 2 atom stereocenters. The van der Waals surface area contributed by atoms with Gasteiger partial charge >= 0.3 is 5.97 Å². The van der Waals surface area contributed by atoms with E-state index in [-0.39, 0.29) is 25.7 Å². The second-order valence-electron chi connectivity index (χ2n) is 7.03. The van der Waals surface area contributed by atoms with Crippen molar-refractivity contribution in [1.82, 2.24) is 5.32 Å². The van der Waals surface area contributed by atoms with Gasteiger partial charge in [-0.15, -0.1) is 0 Å². The van der Waals surface area contributed by atoms with Gasteiger partial charge in [-0.05, 0) is 23.6 Å². The molecular formula is C21H22N2O4. The van der Waals surface area contributed by atoms with Crippen LogP contribution in [0, 0.1) is 0 Å². The zero-order valence-corrected chi connectivity index (χ0v) is 14.8. The summed E-state index contributed by atoms with van der Waals surface area (Å²) in [5, 5.41) is 23.1. The number of aliphatic hydroxyl groups excluding tert-OH is 2. The van der Waals surface area contributed by atoms with Crippen LogP contribution in [0.2, 0.25) is 0 Å². The quantitative estimate of drug-likeness (QED) is 0.701. The number of benzene rings is 2. The number of fused-ring (bicyclic) bond motifs is 3. The van der Waals surface area contributed by atoms with Crippen LogP contribution in [0.4, 0.5) is 5.69 Å². The van der Waals surface area contributed by atoms with Crippen molar-refractivity contribution in [2.75, 3.05) is 13.2 Å². The number of aliphatic hydroxyl groups is 2. The van der Waals surface area contributed by atoms with Gasteiger partial charge in [0.1, 0.15) is 18.2 Å². The summed E-state index contributed by atoms with van der Waals surface area (Å²) in [6.45, 7) is -0.518. The van der Waals surface area contributed by atoms with E-state index in [0.717, 1.165) is 16.8 Å². The van der Waals surface area contributed by atoms with Gasteiger partial charge < -0.3 is 14.9 Å². The van der Waals surface area contributed by atoms with Gasteiger partial charge in [0.15, 0.2) is 0 Å². The number of carbonyl (C=O) groups is 1. The maximum Gasteiger partial charge on any atom is 0.323 e. The first kappa shape index (κ1) is 17.9. The van der Waals surface area contributed by atoms with Gasteiger partial charge in [0.25, 0.3) is 0 Å². The van der Waals surface area contributed by atoms with Crippen molar-refractivity contribution in [3.05, 3.63) is 65.7 Å². The second-order valence-corrected chi connectivity index (χ2v) is 7.03. The minimum absolute atomic E-state index is 0.129. The SMILES string of the molecule is O=C(OCc1ccccc1)[C@@H]1CC2C(=Nc3ccccc32)C(CO)(CO)N1. The van der Waals surface area contributed by atoms with E-state index in [1.54, 1.807) is 0 Å². The summed E-state index contributed by atoms with van der Waals surface area (Å²) in [6.07, 6.45) is 0.477. The van der Waals surface area contributed by atoms with Crippen molar-refractivity contribution in [1.29, 1.82) is 0 Å². The monoisotopic (exact) mass is 366 g/mol. The number of esters is 1. The molecule has 2 aromatic rings. The van der Waals surface area contributed by atoms with E-state index in [4.69, 9.17) is 4.74 Å². The molecule has 6 nitrogen and oxygen atoms in total. The summed E-state index contributed by atoms with van der Waals surface area (Å²) in [4.78, 5) is 17.3. The van der Waals surface area contributed by atoms with Crippen LogP contribution in [0.25, 0.3) is 0 Å². The molecule has 1 saturated heterocycles. The number of hydrogen-bond acceptors (Lipinski definition) is 6. The fourth-order valence-electron chi connectivity index (χ4n) is 3.91. The number of hydrogen-bond donors (Lipinski definition) is 3. The fourth-order valence-corrected chi connectivity index (χ4v) is 3.91. The topological polar surface area (TPSA) is 91.2 Å². The molecule has 1 unspecified atom stereocenters. The predicted octanol–water partition coefficient (Wildman–Crippen LogP) is 1.68. The molecule has 6 heteroatoms. The summed E-state index contributed by atoms with van der Waals surface area (Å²) in [6, 6.07) is 16.6. The highest BCUT2D eigenvalue weighted by atomic mass is 16.5. The maximum atomic E-state index is 12.7. The number of ether oxygens (including phenoxy) is 1. The number of piperidine rings is 1. The predicted molar refractivity (Wildman–Crippen MR) is 101 cm³/mol. The largest absolute Gasteiger partial charge is 0.460 e. The molecule has 2 aliphatic heterocycles. The highest BCUT2D eigenvalue weighted by Crippen LogP contribution is 2.43. The first-order valence-electron chi connectivity index (χ1n) is 9.05. The number of para-hydroxylation sites is 1. The molecule has 0 saturated carbocycles. The average Bonchev–Trinajstić information content (AvgIpc) is 3.11. The van der Waals surface area contributed by atoms with Gasteiger partial charge in [-0.2, -0.15) is 0 Å². The first-order chi connectivity index (χ1) is 13.2. The molecule has 0 aliphatic carbocycles. The van der Waals surface area contributed by atoms with Gasteiger partial charge in [0.2, 0.25) is 0 Å². The molecule has 0 amide bonds. The number of nitrogens with zero attached hydrogens (tertiary/aromatic N) is 1.